The van der Waals surface area contributed by atoms with Crippen LogP contribution in [-0.4, -0.2) is 13.1 Å². The summed E-state index contributed by atoms with van der Waals surface area (Å²) in [5.41, 5.74) is 1.22. The Morgan fingerprint density at radius 3 is 3.00 bits per heavy atom. The minimum atomic E-state index is -0.180. The number of benzene rings is 1. The lowest BCUT2D eigenvalue weighted by Crippen LogP contribution is -2.30. The molecule has 1 atom stereocenters. The number of piperidine rings is 1. The van der Waals surface area contributed by atoms with Crippen molar-refractivity contribution >= 4 is 15.9 Å². The van der Waals surface area contributed by atoms with Crippen molar-refractivity contribution < 1.29 is 4.39 Å². The van der Waals surface area contributed by atoms with Gasteiger partial charge in [0.05, 0.1) is 4.47 Å². The van der Waals surface area contributed by atoms with Crippen LogP contribution in [0.5, 0.6) is 0 Å². The van der Waals surface area contributed by atoms with Gasteiger partial charge in [0.15, 0.2) is 0 Å². The largest absolute Gasteiger partial charge is 0.316 e. The summed E-state index contributed by atoms with van der Waals surface area (Å²) in [6.45, 7) is 2.23. The maximum atomic E-state index is 13.0. The zero-order valence-corrected chi connectivity index (χ0v) is 10.2. The third-order valence-electron chi connectivity index (χ3n) is 2.91. The first-order chi connectivity index (χ1) is 7.25. The van der Waals surface area contributed by atoms with Gasteiger partial charge >= 0.3 is 0 Å². The zero-order chi connectivity index (χ0) is 10.7. The van der Waals surface area contributed by atoms with Crippen LogP contribution in [-0.2, 0) is 6.42 Å². The molecule has 0 saturated carbocycles. The van der Waals surface area contributed by atoms with Gasteiger partial charge in [-0.3, -0.25) is 0 Å². The Morgan fingerprint density at radius 1 is 1.47 bits per heavy atom. The average molecular weight is 272 g/mol. The third-order valence-corrected chi connectivity index (χ3v) is 3.52. The van der Waals surface area contributed by atoms with Gasteiger partial charge in [-0.2, -0.15) is 0 Å². The molecule has 0 spiro atoms. The van der Waals surface area contributed by atoms with E-state index in [1.54, 1.807) is 0 Å². The van der Waals surface area contributed by atoms with Crippen molar-refractivity contribution in [3.63, 3.8) is 0 Å². The molecule has 0 aromatic heterocycles. The van der Waals surface area contributed by atoms with Crippen LogP contribution in [0.1, 0.15) is 18.4 Å². The van der Waals surface area contributed by atoms with Crippen LogP contribution in [0.2, 0.25) is 0 Å². The van der Waals surface area contributed by atoms with Gasteiger partial charge in [-0.1, -0.05) is 6.07 Å². The Hall–Kier alpha value is -0.410. The molecule has 2 rings (SSSR count). The first-order valence-electron chi connectivity index (χ1n) is 5.40. The number of nitrogens with one attached hydrogen (secondary N) is 1. The predicted octanol–water partition coefficient (Wildman–Crippen LogP) is 3.13. The molecule has 1 nitrogen and oxygen atoms in total. The van der Waals surface area contributed by atoms with Crippen molar-refractivity contribution in [1.29, 1.82) is 0 Å². The van der Waals surface area contributed by atoms with Crippen LogP contribution >= 0.6 is 15.9 Å². The summed E-state index contributed by atoms with van der Waals surface area (Å²) in [5, 5.41) is 3.40. The minimum absolute atomic E-state index is 0.180. The summed E-state index contributed by atoms with van der Waals surface area (Å²) in [7, 11) is 0. The maximum absolute atomic E-state index is 13.0. The van der Waals surface area contributed by atoms with Crippen molar-refractivity contribution in [1.82, 2.24) is 5.32 Å². The van der Waals surface area contributed by atoms with E-state index in [1.165, 1.54) is 24.5 Å². The molecule has 0 amide bonds. The second kappa shape index (κ2) is 5.08. The summed E-state index contributed by atoms with van der Waals surface area (Å²) in [6.07, 6.45) is 3.58. The van der Waals surface area contributed by atoms with E-state index in [0.29, 0.717) is 10.4 Å². The molecule has 1 aromatic carbocycles. The molecule has 0 radical (unpaired) electrons. The lowest BCUT2D eigenvalue weighted by molar-refractivity contribution is 0.376. The van der Waals surface area contributed by atoms with Crippen molar-refractivity contribution in [3.8, 4) is 0 Å². The van der Waals surface area contributed by atoms with Crippen molar-refractivity contribution in [2.24, 2.45) is 5.92 Å². The molecule has 0 bridgehead atoms. The fourth-order valence-electron chi connectivity index (χ4n) is 2.10. The smallest absolute Gasteiger partial charge is 0.137 e. The standard InChI is InChI=1S/C12H15BrFN/c13-11-7-9(3-4-12(11)14)6-10-2-1-5-15-8-10/h3-4,7,10,15H,1-2,5-6,8H2. The summed E-state index contributed by atoms with van der Waals surface area (Å²) in [6, 6.07) is 5.31. The Kier molecular flexibility index (Phi) is 3.76. The maximum Gasteiger partial charge on any atom is 0.137 e. The van der Waals surface area contributed by atoms with Gasteiger partial charge in [-0.05, 0) is 71.9 Å². The molecule has 1 heterocycles. The van der Waals surface area contributed by atoms with Crippen LogP contribution in [0.3, 0.4) is 0 Å². The number of hydrogen-bond donors (Lipinski definition) is 1. The van der Waals surface area contributed by atoms with E-state index < -0.39 is 0 Å². The van der Waals surface area contributed by atoms with Gasteiger partial charge < -0.3 is 5.32 Å². The number of rotatable bonds is 2. The minimum Gasteiger partial charge on any atom is -0.316 e. The first-order valence-corrected chi connectivity index (χ1v) is 6.19. The van der Waals surface area contributed by atoms with E-state index in [2.05, 4.69) is 21.2 Å². The topological polar surface area (TPSA) is 12.0 Å². The van der Waals surface area contributed by atoms with Gasteiger partial charge in [0.25, 0.3) is 0 Å². The van der Waals surface area contributed by atoms with Gasteiger partial charge in [0.1, 0.15) is 5.82 Å². The molecule has 1 aliphatic rings. The Balaban J connectivity index is 2.00. The molecule has 1 N–H and O–H groups in total. The van der Waals surface area contributed by atoms with Crippen molar-refractivity contribution in [2.75, 3.05) is 13.1 Å². The summed E-state index contributed by atoms with van der Waals surface area (Å²) in [4.78, 5) is 0. The van der Waals surface area contributed by atoms with Crippen molar-refractivity contribution in [3.05, 3.63) is 34.1 Å². The van der Waals surface area contributed by atoms with E-state index in [9.17, 15) is 4.39 Å². The number of halogens is 2. The molecular weight excluding hydrogens is 257 g/mol. The first kappa shape index (κ1) is 11.1. The highest BCUT2D eigenvalue weighted by atomic mass is 79.9. The highest BCUT2D eigenvalue weighted by Gasteiger charge is 2.13. The summed E-state index contributed by atoms with van der Waals surface area (Å²) >= 11 is 3.22. The fourth-order valence-corrected chi connectivity index (χ4v) is 2.52. The molecule has 1 aliphatic heterocycles. The molecular formula is C12H15BrFN. The Labute approximate surface area is 98.2 Å². The third kappa shape index (κ3) is 3.02. The molecule has 82 valence electrons. The lowest BCUT2D eigenvalue weighted by atomic mass is 9.92. The SMILES string of the molecule is Fc1ccc(CC2CCCNC2)cc1Br. The van der Waals surface area contributed by atoms with Crippen LogP contribution in [0.15, 0.2) is 22.7 Å². The van der Waals surface area contributed by atoms with Crippen molar-refractivity contribution in [2.45, 2.75) is 19.3 Å². The molecule has 1 saturated heterocycles. The quantitative estimate of drug-likeness (QED) is 0.872. The summed E-state index contributed by atoms with van der Waals surface area (Å²) < 4.78 is 13.6. The average Bonchev–Trinajstić information content (AvgIpc) is 2.25. The Bertz CT molecular complexity index is 334. The van der Waals surface area contributed by atoms with Gasteiger partial charge in [0, 0.05) is 0 Å². The lowest BCUT2D eigenvalue weighted by Gasteiger charge is -2.22. The number of hydrogen-bond acceptors (Lipinski definition) is 1. The normalized spacial score (nSPS) is 21.6. The van der Waals surface area contributed by atoms with Crippen LogP contribution in [0.25, 0.3) is 0 Å². The predicted molar refractivity (Wildman–Crippen MR) is 63.4 cm³/mol. The monoisotopic (exact) mass is 271 g/mol. The molecule has 3 heteroatoms. The second-order valence-electron chi connectivity index (χ2n) is 4.16. The van der Waals surface area contributed by atoms with Gasteiger partial charge in [0.2, 0.25) is 0 Å². The summed E-state index contributed by atoms with van der Waals surface area (Å²) in [5.74, 6) is 0.525. The van der Waals surface area contributed by atoms with E-state index in [-0.39, 0.29) is 5.82 Å². The van der Waals surface area contributed by atoms with Gasteiger partial charge in [-0.15, -0.1) is 0 Å². The highest BCUT2D eigenvalue weighted by Crippen LogP contribution is 2.21. The second-order valence-corrected chi connectivity index (χ2v) is 5.02. The van der Waals surface area contributed by atoms with E-state index >= 15 is 0 Å². The van der Waals surface area contributed by atoms with Crippen LogP contribution < -0.4 is 5.32 Å². The molecule has 0 aliphatic carbocycles. The molecule has 15 heavy (non-hydrogen) atoms. The van der Waals surface area contributed by atoms with Gasteiger partial charge in [-0.25, -0.2) is 4.39 Å². The van der Waals surface area contributed by atoms with E-state index in [0.717, 1.165) is 19.5 Å². The van der Waals surface area contributed by atoms with Crippen LogP contribution in [0.4, 0.5) is 4.39 Å². The van der Waals surface area contributed by atoms with E-state index in [1.807, 2.05) is 12.1 Å². The van der Waals surface area contributed by atoms with Crippen LogP contribution in [0, 0.1) is 11.7 Å². The molecule has 1 fully saturated rings. The van der Waals surface area contributed by atoms with E-state index in [4.69, 9.17) is 0 Å². The molecule has 1 aromatic rings. The zero-order valence-electron chi connectivity index (χ0n) is 8.60. The Morgan fingerprint density at radius 2 is 2.33 bits per heavy atom. The highest BCUT2D eigenvalue weighted by molar-refractivity contribution is 9.10. The fraction of sp³-hybridized carbons (Fsp3) is 0.500. The molecule has 1 unspecified atom stereocenters.